The molecule has 2 heteroatoms. The van der Waals surface area contributed by atoms with Crippen LogP contribution in [0.5, 0.6) is 0 Å². The Labute approximate surface area is 107 Å². The van der Waals surface area contributed by atoms with E-state index in [4.69, 9.17) is 5.26 Å². The summed E-state index contributed by atoms with van der Waals surface area (Å²) >= 11 is 0. The minimum atomic E-state index is 0.0125. The van der Waals surface area contributed by atoms with Crippen LogP contribution in [-0.2, 0) is 6.42 Å². The maximum absolute atomic E-state index is 12.2. The monoisotopic (exact) mass is 235 g/mol. The third-order valence-electron chi connectivity index (χ3n) is 2.81. The highest BCUT2D eigenvalue weighted by Gasteiger charge is 2.08. The topological polar surface area (TPSA) is 40.9 Å². The lowest BCUT2D eigenvalue weighted by Crippen LogP contribution is -2.01. The summed E-state index contributed by atoms with van der Waals surface area (Å²) in [4.78, 5) is 12.2. The molecule has 0 bridgehead atoms. The Bertz CT molecular complexity index is 588. The molecule has 2 aromatic rings. The maximum Gasteiger partial charge on any atom is 0.193 e. The van der Waals surface area contributed by atoms with Crippen LogP contribution in [-0.4, -0.2) is 5.78 Å². The van der Waals surface area contributed by atoms with Crippen molar-refractivity contribution >= 4 is 5.78 Å². The zero-order valence-electron chi connectivity index (χ0n) is 10.2. The van der Waals surface area contributed by atoms with Crippen LogP contribution in [0.2, 0.25) is 0 Å². The van der Waals surface area contributed by atoms with Gasteiger partial charge in [0, 0.05) is 11.1 Å². The Morgan fingerprint density at radius 1 is 1.00 bits per heavy atom. The fourth-order valence-corrected chi connectivity index (χ4v) is 1.74. The number of carbonyl (C=O) groups is 1. The van der Waals surface area contributed by atoms with Crippen molar-refractivity contribution in [2.75, 3.05) is 0 Å². The van der Waals surface area contributed by atoms with E-state index in [9.17, 15) is 4.79 Å². The Balaban J connectivity index is 2.24. The zero-order valence-corrected chi connectivity index (χ0v) is 10.2. The van der Waals surface area contributed by atoms with Crippen molar-refractivity contribution in [1.82, 2.24) is 0 Å². The van der Waals surface area contributed by atoms with Gasteiger partial charge in [0.1, 0.15) is 0 Å². The van der Waals surface area contributed by atoms with E-state index in [1.165, 1.54) is 0 Å². The van der Waals surface area contributed by atoms with Gasteiger partial charge in [-0.1, -0.05) is 54.1 Å². The first-order chi connectivity index (χ1) is 8.70. The molecule has 2 nitrogen and oxygen atoms in total. The highest BCUT2D eigenvalue weighted by molar-refractivity contribution is 6.08. The SMILES string of the molecule is Cc1ccc(C(=O)c2ccc(CC#N)cc2)cc1. The highest BCUT2D eigenvalue weighted by Crippen LogP contribution is 2.12. The van der Waals surface area contributed by atoms with Crippen LogP contribution in [0.3, 0.4) is 0 Å². The van der Waals surface area contributed by atoms with Crippen LogP contribution in [0.1, 0.15) is 27.0 Å². The van der Waals surface area contributed by atoms with Gasteiger partial charge < -0.3 is 0 Å². The van der Waals surface area contributed by atoms with Gasteiger partial charge in [-0.05, 0) is 12.5 Å². The van der Waals surface area contributed by atoms with Crippen molar-refractivity contribution in [2.45, 2.75) is 13.3 Å². The molecule has 88 valence electrons. The molecule has 0 aliphatic heterocycles. The molecule has 0 N–H and O–H groups in total. The number of benzene rings is 2. The molecule has 2 rings (SSSR count). The Hall–Kier alpha value is -2.40. The van der Waals surface area contributed by atoms with Crippen LogP contribution in [0, 0.1) is 18.3 Å². The van der Waals surface area contributed by atoms with Gasteiger partial charge in [-0.15, -0.1) is 0 Å². The number of hydrogen-bond donors (Lipinski definition) is 0. The van der Waals surface area contributed by atoms with E-state index in [1.807, 2.05) is 43.3 Å². The van der Waals surface area contributed by atoms with Gasteiger partial charge >= 0.3 is 0 Å². The number of ketones is 1. The van der Waals surface area contributed by atoms with Crippen LogP contribution in [0.15, 0.2) is 48.5 Å². The fourth-order valence-electron chi connectivity index (χ4n) is 1.74. The first kappa shape index (κ1) is 12.1. The van der Waals surface area contributed by atoms with Crippen molar-refractivity contribution in [3.05, 3.63) is 70.8 Å². The molecule has 0 aliphatic carbocycles. The van der Waals surface area contributed by atoms with Crippen LogP contribution < -0.4 is 0 Å². The molecule has 0 saturated carbocycles. The molecule has 0 aromatic heterocycles. The predicted molar refractivity (Wildman–Crippen MR) is 70.4 cm³/mol. The van der Waals surface area contributed by atoms with Gasteiger partial charge in [0.2, 0.25) is 0 Å². The molecular weight excluding hydrogens is 222 g/mol. The Morgan fingerprint density at radius 3 is 2.00 bits per heavy atom. The molecule has 0 amide bonds. The maximum atomic E-state index is 12.2. The molecule has 0 atom stereocenters. The smallest absolute Gasteiger partial charge is 0.193 e. The van der Waals surface area contributed by atoms with E-state index in [1.54, 1.807) is 12.1 Å². The van der Waals surface area contributed by atoms with E-state index in [-0.39, 0.29) is 5.78 Å². The summed E-state index contributed by atoms with van der Waals surface area (Å²) in [7, 11) is 0. The Kier molecular flexibility index (Phi) is 3.54. The lowest BCUT2D eigenvalue weighted by atomic mass is 10.0. The minimum absolute atomic E-state index is 0.0125. The lowest BCUT2D eigenvalue weighted by Gasteiger charge is -2.02. The average molecular weight is 235 g/mol. The van der Waals surface area contributed by atoms with Crippen molar-refractivity contribution in [3.8, 4) is 6.07 Å². The van der Waals surface area contributed by atoms with E-state index in [0.29, 0.717) is 17.5 Å². The normalized spacial score (nSPS) is 9.78. The molecule has 0 radical (unpaired) electrons. The molecular formula is C16H13NO. The zero-order chi connectivity index (χ0) is 13.0. The quantitative estimate of drug-likeness (QED) is 0.766. The summed E-state index contributed by atoms with van der Waals surface area (Å²) in [5.74, 6) is 0.0125. The number of nitriles is 1. The highest BCUT2D eigenvalue weighted by atomic mass is 16.1. The second-order valence-corrected chi connectivity index (χ2v) is 4.23. The van der Waals surface area contributed by atoms with Crippen molar-refractivity contribution in [2.24, 2.45) is 0 Å². The average Bonchev–Trinajstić information content (AvgIpc) is 2.40. The van der Waals surface area contributed by atoms with Crippen LogP contribution >= 0.6 is 0 Å². The lowest BCUT2D eigenvalue weighted by molar-refractivity contribution is 0.103. The third kappa shape index (κ3) is 2.64. The summed E-state index contributed by atoms with van der Waals surface area (Å²) in [5.41, 5.74) is 3.41. The molecule has 0 aliphatic rings. The van der Waals surface area contributed by atoms with Crippen molar-refractivity contribution in [1.29, 1.82) is 5.26 Å². The number of hydrogen-bond acceptors (Lipinski definition) is 2. The summed E-state index contributed by atoms with van der Waals surface area (Å²) in [6, 6.07) is 16.8. The van der Waals surface area contributed by atoms with Crippen molar-refractivity contribution < 1.29 is 4.79 Å². The number of aryl methyl sites for hydroxylation is 1. The molecule has 0 unspecified atom stereocenters. The van der Waals surface area contributed by atoms with Crippen LogP contribution in [0.25, 0.3) is 0 Å². The van der Waals surface area contributed by atoms with E-state index in [0.717, 1.165) is 11.1 Å². The molecule has 0 spiro atoms. The number of carbonyl (C=O) groups excluding carboxylic acids is 1. The molecule has 0 fully saturated rings. The second-order valence-electron chi connectivity index (χ2n) is 4.23. The Morgan fingerprint density at radius 2 is 1.50 bits per heavy atom. The first-order valence-corrected chi connectivity index (χ1v) is 5.78. The van der Waals surface area contributed by atoms with Gasteiger partial charge in [-0.3, -0.25) is 4.79 Å². The van der Waals surface area contributed by atoms with Gasteiger partial charge in [0.25, 0.3) is 0 Å². The van der Waals surface area contributed by atoms with E-state index >= 15 is 0 Å². The van der Waals surface area contributed by atoms with Gasteiger partial charge in [0.05, 0.1) is 12.5 Å². The molecule has 0 saturated heterocycles. The fraction of sp³-hybridized carbons (Fsp3) is 0.125. The van der Waals surface area contributed by atoms with Crippen molar-refractivity contribution in [3.63, 3.8) is 0 Å². The summed E-state index contributed by atoms with van der Waals surface area (Å²) in [6.45, 7) is 1.99. The summed E-state index contributed by atoms with van der Waals surface area (Å²) in [5, 5.41) is 8.59. The standard InChI is InChI=1S/C16H13NO/c1-12-2-6-14(7-3-12)16(18)15-8-4-13(5-9-15)10-11-17/h2-9H,10H2,1H3. The largest absolute Gasteiger partial charge is 0.289 e. The van der Waals surface area contributed by atoms with Gasteiger partial charge in [-0.25, -0.2) is 0 Å². The van der Waals surface area contributed by atoms with E-state index in [2.05, 4.69) is 6.07 Å². The van der Waals surface area contributed by atoms with Crippen LogP contribution in [0.4, 0.5) is 0 Å². The molecule has 0 heterocycles. The third-order valence-corrected chi connectivity index (χ3v) is 2.81. The summed E-state index contributed by atoms with van der Waals surface area (Å²) in [6.07, 6.45) is 0.374. The van der Waals surface area contributed by atoms with Gasteiger partial charge in [-0.2, -0.15) is 5.26 Å². The molecule has 18 heavy (non-hydrogen) atoms. The predicted octanol–water partition coefficient (Wildman–Crippen LogP) is 3.29. The second kappa shape index (κ2) is 5.29. The first-order valence-electron chi connectivity index (χ1n) is 5.78. The van der Waals surface area contributed by atoms with E-state index < -0.39 is 0 Å². The number of nitrogens with zero attached hydrogens (tertiary/aromatic N) is 1. The summed E-state index contributed by atoms with van der Waals surface area (Å²) < 4.78 is 0. The minimum Gasteiger partial charge on any atom is -0.289 e. The van der Waals surface area contributed by atoms with Gasteiger partial charge in [0.15, 0.2) is 5.78 Å². The molecule has 2 aromatic carbocycles. The number of rotatable bonds is 3.